The molecule has 3 rings (SSSR count). The Morgan fingerprint density at radius 2 is 1.27 bits per heavy atom. The van der Waals surface area contributed by atoms with Crippen molar-refractivity contribution in [3.8, 4) is 0 Å². The molecule has 5 nitrogen and oxygen atoms in total. The molecule has 0 bridgehead atoms. The van der Waals surface area contributed by atoms with E-state index in [4.69, 9.17) is 0 Å². The van der Waals surface area contributed by atoms with Gasteiger partial charge in [0.05, 0.1) is 5.56 Å². The van der Waals surface area contributed by atoms with Crippen LogP contribution in [0.4, 0.5) is 11.4 Å². The van der Waals surface area contributed by atoms with Crippen LogP contribution in [-0.2, 0) is 0 Å². The van der Waals surface area contributed by atoms with Crippen LogP contribution in [-0.4, -0.2) is 16.8 Å². The monoisotopic (exact) mass is 345 g/mol. The second kappa shape index (κ2) is 7.61. The number of amides is 2. The number of benzene rings is 2. The molecular formula is C21H19N3O2. The molecule has 130 valence electrons. The number of para-hydroxylation sites is 2. The molecule has 0 atom stereocenters. The summed E-state index contributed by atoms with van der Waals surface area (Å²) in [5.74, 6) is -0.794. The number of aryl methyl sites for hydroxylation is 2. The zero-order valence-electron chi connectivity index (χ0n) is 14.6. The zero-order valence-corrected chi connectivity index (χ0v) is 14.6. The van der Waals surface area contributed by atoms with E-state index in [1.165, 1.54) is 6.20 Å². The number of rotatable bonds is 4. The fourth-order valence-electron chi connectivity index (χ4n) is 2.57. The van der Waals surface area contributed by atoms with Gasteiger partial charge >= 0.3 is 0 Å². The summed E-state index contributed by atoms with van der Waals surface area (Å²) in [6, 6.07) is 18.1. The topological polar surface area (TPSA) is 71.1 Å². The molecule has 0 aliphatic heterocycles. The van der Waals surface area contributed by atoms with Crippen molar-refractivity contribution in [1.82, 2.24) is 4.98 Å². The second-order valence-electron chi connectivity index (χ2n) is 5.94. The third kappa shape index (κ3) is 3.78. The standard InChI is InChI=1S/C21H19N3O2/c1-14-8-3-5-11-17(14)23-20(25)16-10-7-13-22-19(16)21(26)24-18-12-6-4-9-15(18)2/h3-13H,1-2H3,(H,23,25)(H,24,26). The highest BCUT2D eigenvalue weighted by Crippen LogP contribution is 2.18. The Bertz CT molecular complexity index is 888. The van der Waals surface area contributed by atoms with E-state index < -0.39 is 5.91 Å². The Labute approximate surface area is 152 Å². The average molecular weight is 345 g/mol. The lowest BCUT2D eigenvalue weighted by Gasteiger charge is -2.12. The number of aromatic nitrogens is 1. The first kappa shape index (κ1) is 17.4. The van der Waals surface area contributed by atoms with Gasteiger partial charge in [-0.05, 0) is 49.2 Å². The average Bonchev–Trinajstić information content (AvgIpc) is 2.65. The molecule has 0 aliphatic rings. The van der Waals surface area contributed by atoms with Gasteiger partial charge in [0, 0.05) is 17.6 Å². The summed E-state index contributed by atoms with van der Waals surface area (Å²) in [5, 5.41) is 5.65. The van der Waals surface area contributed by atoms with Crippen LogP contribution in [0.1, 0.15) is 32.0 Å². The van der Waals surface area contributed by atoms with Crippen molar-refractivity contribution in [3.05, 3.63) is 89.2 Å². The SMILES string of the molecule is Cc1ccccc1NC(=O)c1cccnc1C(=O)Nc1ccccc1C. The summed E-state index contributed by atoms with van der Waals surface area (Å²) in [6.45, 7) is 3.81. The summed E-state index contributed by atoms with van der Waals surface area (Å²) in [6.07, 6.45) is 1.50. The quantitative estimate of drug-likeness (QED) is 0.744. The number of hydrogen-bond donors (Lipinski definition) is 2. The van der Waals surface area contributed by atoms with Gasteiger partial charge < -0.3 is 10.6 Å². The number of carbonyl (C=O) groups excluding carboxylic acids is 2. The van der Waals surface area contributed by atoms with Gasteiger partial charge in [0.1, 0.15) is 5.69 Å². The van der Waals surface area contributed by atoms with Gasteiger partial charge in [-0.2, -0.15) is 0 Å². The van der Waals surface area contributed by atoms with E-state index in [9.17, 15) is 9.59 Å². The van der Waals surface area contributed by atoms with Crippen molar-refractivity contribution in [2.75, 3.05) is 10.6 Å². The molecule has 1 heterocycles. The molecule has 0 saturated heterocycles. The Balaban J connectivity index is 1.86. The minimum Gasteiger partial charge on any atom is -0.322 e. The third-order valence-electron chi connectivity index (χ3n) is 4.05. The number of hydrogen-bond acceptors (Lipinski definition) is 3. The first-order valence-corrected chi connectivity index (χ1v) is 8.25. The predicted molar refractivity (Wildman–Crippen MR) is 103 cm³/mol. The first-order chi connectivity index (χ1) is 12.6. The summed E-state index contributed by atoms with van der Waals surface area (Å²) >= 11 is 0. The van der Waals surface area contributed by atoms with Gasteiger partial charge in [-0.3, -0.25) is 14.6 Å². The lowest BCUT2D eigenvalue weighted by Crippen LogP contribution is -2.22. The van der Waals surface area contributed by atoms with Gasteiger partial charge in [-0.1, -0.05) is 36.4 Å². The number of nitrogens with one attached hydrogen (secondary N) is 2. The molecule has 0 fully saturated rings. The normalized spacial score (nSPS) is 10.2. The van der Waals surface area contributed by atoms with Crippen molar-refractivity contribution in [2.45, 2.75) is 13.8 Å². The van der Waals surface area contributed by atoms with Crippen LogP contribution in [0.25, 0.3) is 0 Å². The van der Waals surface area contributed by atoms with E-state index in [0.717, 1.165) is 11.1 Å². The van der Waals surface area contributed by atoms with Crippen molar-refractivity contribution in [2.24, 2.45) is 0 Å². The molecule has 0 saturated carbocycles. The van der Waals surface area contributed by atoms with E-state index in [-0.39, 0.29) is 17.2 Å². The zero-order chi connectivity index (χ0) is 18.5. The Morgan fingerprint density at radius 1 is 0.731 bits per heavy atom. The molecule has 2 aromatic carbocycles. The van der Waals surface area contributed by atoms with Crippen LogP contribution in [0, 0.1) is 13.8 Å². The van der Waals surface area contributed by atoms with Crippen molar-refractivity contribution in [3.63, 3.8) is 0 Å². The lowest BCUT2D eigenvalue weighted by atomic mass is 10.1. The van der Waals surface area contributed by atoms with Crippen molar-refractivity contribution >= 4 is 23.2 Å². The number of carbonyl (C=O) groups is 2. The minimum absolute atomic E-state index is 0.0850. The van der Waals surface area contributed by atoms with E-state index in [1.54, 1.807) is 12.1 Å². The number of anilines is 2. The highest BCUT2D eigenvalue weighted by atomic mass is 16.2. The number of pyridine rings is 1. The second-order valence-corrected chi connectivity index (χ2v) is 5.94. The molecule has 3 aromatic rings. The van der Waals surface area contributed by atoms with Gasteiger partial charge in [-0.15, -0.1) is 0 Å². The molecule has 0 spiro atoms. The molecule has 2 amide bonds. The Kier molecular flexibility index (Phi) is 5.08. The molecule has 0 aliphatic carbocycles. The van der Waals surface area contributed by atoms with E-state index in [2.05, 4.69) is 15.6 Å². The van der Waals surface area contributed by atoms with Crippen LogP contribution in [0.15, 0.2) is 66.9 Å². The molecule has 2 N–H and O–H groups in total. The van der Waals surface area contributed by atoms with Gasteiger partial charge in [0.15, 0.2) is 0 Å². The summed E-state index contributed by atoms with van der Waals surface area (Å²) in [7, 11) is 0. The maximum Gasteiger partial charge on any atom is 0.275 e. The van der Waals surface area contributed by atoms with Gasteiger partial charge in [0.2, 0.25) is 0 Å². The van der Waals surface area contributed by atoms with Crippen LogP contribution >= 0.6 is 0 Å². The summed E-state index contributed by atoms with van der Waals surface area (Å²) in [4.78, 5) is 29.5. The molecular weight excluding hydrogens is 326 g/mol. The smallest absolute Gasteiger partial charge is 0.275 e. The first-order valence-electron chi connectivity index (χ1n) is 8.25. The molecule has 26 heavy (non-hydrogen) atoms. The van der Waals surface area contributed by atoms with Crippen LogP contribution in [0.3, 0.4) is 0 Å². The molecule has 0 unspecified atom stereocenters. The summed E-state index contributed by atoms with van der Waals surface area (Å²) < 4.78 is 0. The van der Waals surface area contributed by atoms with Crippen molar-refractivity contribution < 1.29 is 9.59 Å². The Morgan fingerprint density at radius 3 is 1.85 bits per heavy atom. The molecule has 1 aromatic heterocycles. The molecule has 5 heteroatoms. The van der Waals surface area contributed by atoms with Crippen LogP contribution in [0.2, 0.25) is 0 Å². The van der Waals surface area contributed by atoms with Crippen LogP contribution < -0.4 is 10.6 Å². The fraction of sp³-hybridized carbons (Fsp3) is 0.0952. The largest absolute Gasteiger partial charge is 0.322 e. The van der Waals surface area contributed by atoms with Gasteiger partial charge in [-0.25, -0.2) is 0 Å². The highest BCUT2D eigenvalue weighted by molar-refractivity contribution is 6.14. The molecule has 0 radical (unpaired) electrons. The number of nitrogens with zero attached hydrogens (tertiary/aromatic N) is 1. The maximum atomic E-state index is 12.7. The fourth-order valence-corrected chi connectivity index (χ4v) is 2.57. The third-order valence-corrected chi connectivity index (χ3v) is 4.05. The van der Waals surface area contributed by atoms with Crippen molar-refractivity contribution in [1.29, 1.82) is 0 Å². The highest BCUT2D eigenvalue weighted by Gasteiger charge is 2.19. The minimum atomic E-state index is -0.421. The van der Waals surface area contributed by atoms with E-state index in [0.29, 0.717) is 11.4 Å². The predicted octanol–water partition coefficient (Wildman–Crippen LogP) is 4.20. The van der Waals surface area contributed by atoms with Crippen LogP contribution in [0.5, 0.6) is 0 Å². The maximum absolute atomic E-state index is 12.7. The van der Waals surface area contributed by atoms with E-state index in [1.807, 2.05) is 62.4 Å². The summed E-state index contributed by atoms with van der Waals surface area (Å²) in [5.41, 5.74) is 3.57. The lowest BCUT2D eigenvalue weighted by molar-refractivity contribution is 0.0986. The van der Waals surface area contributed by atoms with Gasteiger partial charge in [0.25, 0.3) is 11.8 Å². The Hall–Kier alpha value is -3.47. The van der Waals surface area contributed by atoms with E-state index >= 15 is 0 Å².